The van der Waals surface area contributed by atoms with Gasteiger partial charge in [0.05, 0.1) is 19.3 Å². The molecule has 3 rings (SSSR count). The Labute approximate surface area is 133 Å². The molecule has 2 aromatic rings. The molecule has 1 heterocycles. The molecule has 0 unspecified atom stereocenters. The Morgan fingerprint density at radius 1 is 1.23 bits per heavy atom. The van der Waals surface area contributed by atoms with Crippen LogP contribution in [0, 0.1) is 0 Å². The van der Waals surface area contributed by atoms with E-state index < -0.39 is 10.8 Å². The van der Waals surface area contributed by atoms with Gasteiger partial charge in [-0.25, -0.2) is 0 Å². The van der Waals surface area contributed by atoms with Gasteiger partial charge < -0.3 is 14.4 Å². The molecule has 0 amide bonds. The Balaban J connectivity index is 1.83. The molecule has 1 atom stereocenters. The Hall–Kier alpha value is -2.01. The minimum Gasteiger partial charge on any atom is -0.497 e. The van der Waals surface area contributed by atoms with Crippen molar-refractivity contribution in [3.8, 4) is 11.5 Å². The van der Waals surface area contributed by atoms with E-state index in [1.807, 2.05) is 42.5 Å². The van der Waals surface area contributed by atoms with E-state index in [4.69, 9.17) is 9.47 Å². The number of ether oxygens (including phenoxy) is 2. The van der Waals surface area contributed by atoms with E-state index in [9.17, 15) is 4.21 Å². The highest BCUT2D eigenvalue weighted by molar-refractivity contribution is 7.84. The van der Waals surface area contributed by atoms with Crippen molar-refractivity contribution in [2.75, 3.05) is 31.4 Å². The molecular formula is C17H19NO3S. The van der Waals surface area contributed by atoms with Crippen LogP contribution in [0.1, 0.15) is 5.56 Å². The first-order valence-electron chi connectivity index (χ1n) is 7.15. The van der Waals surface area contributed by atoms with E-state index in [0.29, 0.717) is 6.61 Å². The van der Waals surface area contributed by atoms with Gasteiger partial charge in [-0.1, -0.05) is 12.1 Å². The highest BCUT2D eigenvalue weighted by atomic mass is 32.2. The van der Waals surface area contributed by atoms with Crippen LogP contribution in [0.2, 0.25) is 0 Å². The predicted octanol–water partition coefficient (Wildman–Crippen LogP) is 2.83. The molecule has 22 heavy (non-hydrogen) atoms. The van der Waals surface area contributed by atoms with E-state index in [1.54, 1.807) is 13.4 Å². The minimum atomic E-state index is -0.935. The second-order valence-corrected chi connectivity index (χ2v) is 6.58. The molecule has 1 aliphatic rings. The predicted molar refractivity (Wildman–Crippen MR) is 88.3 cm³/mol. The van der Waals surface area contributed by atoms with Crippen LogP contribution in [0.15, 0.2) is 47.4 Å². The van der Waals surface area contributed by atoms with Gasteiger partial charge in [0.1, 0.15) is 18.1 Å². The van der Waals surface area contributed by atoms with Crippen molar-refractivity contribution < 1.29 is 13.7 Å². The molecule has 0 radical (unpaired) electrons. The lowest BCUT2D eigenvalue weighted by molar-refractivity contribution is 0.305. The average molecular weight is 317 g/mol. The molecule has 0 saturated heterocycles. The molecule has 4 nitrogen and oxygen atoms in total. The number of anilines is 1. The van der Waals surface area contributed by atoms with Crippen molar-refractivity contribution in [1.29, 1.82) is 0 Å². The van der Waals surface area contributed by atoms with Gasteiger partial charge in [0.25, 0.3) is 0 Å². The molecule has 0 aliphatic carbocycles. The summed E-state index contributed by atoms with van der Waals surface area (Å²) in [6, 6.07) is 13.8. The van der Waals surface area contributed by atoms with Crippen LogP contribution in [-0.4, -0.2) is 30.7 Å². The number of benzene rings is 2. The van der Waals surface area contributed by atoms with Crippen molar-refractivity contribution in [2.24, 2.45) is 0 Å². The fourth-order valence-corrected chi connectivity index (χ4v) is 3.07. The minimum absolute atomic E-state index is 0.677. The van der Waals surface area contributed by atoms with Crippen LogP contribution in [-0.2, 0) is 17.3 Å². The summed E-state index contributed by atoms with van der Waals surface area (Å²) in [4.78, 5) is 3.13. The van der Waals surface area contributed by atoms with Crippen LogP contribution in [0.4, 0.5) is 5.69 Å². The maximum Gasteiger partial charge on any atom is 0.142 e. The van der Waals surface area contributed by atoms with Gasteiger partial charge >= 0.3 is 0 Å². The van der Waals surface area contributed by atoms with Crippen molar-refractivity contribution >= 4 is 16.5 Å². The molecule has 116 valence electrons. The first-order valence-corrected chi connectivity index (χ1v) is 8.71. The lowest BCUT2D eigenvalue weighted by atomic mass is 10.1. The highest BCUT2D eigenvalue weighted by Gasteiger charge is 2.19. The lowest BCUT2D eigenvalue weighted by Gasteiger charge is -2.31. The van der Waals surface area contributed by atoms with E-state index in [2.05, 4.69) is 4.90 Å². The van der Waals surface area contributed by atoms with E-state index in [-0.39, 0.29) is 0 Å². The number of hydrogen-bond acceptors (Lipinski definition) is 4. The molecule has 5 heteroatoms. The largest absolute Gasteiger partial charge is 0.497 e. The number of hydrogen-bond donors (Lipinski definition) is 0. The first-order chi connectivity index (χ1) is 10.7. The first kappa shape index (κ1) is 14.9. The average Bonchev–Trinajstić information content (AvgIpc) is 2.55. The molecule has 1 aliphatic heterocycles. The van der Waals surface area contributed by atoms with Crippen molar-refractivity contribution in [3.63, 3.8) is 0 Å². The van der Waals surface area contributed by atoms with Crippen LogP contribution >= 0.6 is 0 Å². The maximum atomic E-state index is 11.5. The van der Waals surface area contributed by atoms with Gasteiger partial charge in [-0.3, -0.25) is 4.21 Å². The molecule has 0 aromatic heterocycles. The van der Waals surface area contributed by atoms with Gasteiger partial charge in [-0.05, 0) is 29.8 Å². The van der Waals surface area contributed by atoms with Crippen LogP contribution in [0.5, 0.6) is 11.5 Å². The monoisotopic (exact) mass is 317 g/mol. The van der Waals surface area contributed by atoms with E-state index in [1.165, 1.54) is 5.56 Å². The summed E-state index contributed by atoms with van der Waals surface area (Å²) in [6.07, 6.45) is 1.69. The third kappa shape index (κ3) is 3.09. The summed E-state index contributed by atoms with van der Waals surface area (Å²) in [5.74, 6) is 1.71. The molecule has 0 bridgehead atoms. The third-order valence-electron chi connectivity index (χ3n) is 3.75. The lowest BCUT2D eigenvalue weighted by Crippen LogP contribution is -2.32. The fraction of sp³-hybridized carbons (Fsp3) is 0.294. The second-order valence-electron chi connectivity index (χ2n) is 5.20. The Bertz CT molecular complexity index is 685. The zero-order valence-electron chi connectivity index (χ0n) is 12.7. The number of rotatable bonds is 4. The Morgan fingerprint density at radius 3 is 2.68 bits per heavy atom. The smallest absolute Gasteiger partial charge is 0.142 e. The van der Waals surface area contributed by atoms with E-state index >= 15 is 0 Å². The Morgan fingerprint density at radius 2 is 2.00 bits per heavy atom. The molecule has 0 fully saturated rings. The standard InChI is InChI=1S/C17H19NO3S/c1-20-14-5-8-17-16(11-14)18(9-10-21-17)12-13-3-6-15(7-4-13)22(2)19/h3-8,11H,9-10,12H2,1-2H3/t22-/m0/s1. The van der Waals surface area contributed by atoms with Gasteiger partial charge in [-0.15, -0.1) is 0 Å². The number of nitrogens with zero attached hydrogens (tertiary/aromatic N) is 1. The van der Waals surface area contributed by atoms with Gasteiger partial charge in [-0.2, -0.15) is 0 Å². The molecule has 2 aromatic carbocycles. The van der Waals surface area contributed by atoms with Crippen LogP contribution in [0.3, 0.4) is 0 Å². The summed E-state index contributed by atoms with van der Waals surface area (Å²) in [6.45, 7) is 2.30. The zero-order valence-corrected chi connectivity index (χ0v) is 13.6. The molecule has 0 N–H and O–H groups in total. The second kappa shape index (κ2) is 6.40. The molecule has 0 saturated carbocycles. The topological polar surface area (TPSA) is 38.8 Å². The van der Waals surface area contributed by atoms with Crippen LogP contribution in [0.25, 0.3) is 0 Å². The normalized spacial score (nSPS) is 14.9. The summed E-state index contributed by atoms with van der Waals surface area (Å²) in [7, 11) is 0.731. The summed E-state index contributed by atoms with van der Waals surface area (Å²) >= 11 is 0. The number of fused-ring (bicyclic) bond motifs is 1. The van der Waals surface area contributed by atoms with Gasteiger partial charge in [0.15, 0.2) is 0 Å². The quantitative estimate of drug-likeness (QED) is 0.869. The van der Waals surface area contributed by atoms with Gasteiger partial charge in [0.2, 0.25) is 0 Å². The van der Waals surface area contributed by atoms with Crippen molar-refractivity contribution in [2.45, 2.75) is 11.4 Å². The van der Waals surface area contributed by atoms with Crippen molar-refractivity contribution in [3.05, 3.63) is 48.0 Å². The SMILES string of the molecule is COc1ccc2c(c1)N(Cc1ccc([S@](C)=O)cc1)CCO2. The molecular weight excluding hydrogens is 298 g/mol. The summed E-state index contributed by atoms with van der Waals surface area (Å²) in [5.41, 5.74) is 2.23. The van der Waals surface area contributed by atoms with Crippen molar-refractivity contribution in [1.82, 2.24) is 0 Å². The summed E-state index contributed by atoms with van der Waals surface area (Å²) in [5, 5.41) is 0. The van der Waals surface area contributed by atoms with Gasteiger partial charge in [0, 0.05) is 34.6 Å². The number of methoxy groups -OCH3 is 1. The Kier molecular flexibility index (Phi) is 4.34. The highest BCUT2D eigenvalue weighted by Crippen LogP contribution is 2.35. The van der Waals surface area contributed by atoms with Crippen LogP contribution < -0.4 is 14.4 Å². The third-order valence-corrected chi connectivity index (χ3v) is 4.69. The van der Waals surface area contributed by atoms with E-state index in [0.717, 1.165) is 35.2 Å². The molecule has 0 spiro atoms. The summed E-state index contributed by atoms with van der Waals surface area (Å²) < 4.78 is 22.5. The zero-order chi connectivity index (χ0) is 15.5. The fourth-order valence-electron chi connectivity index (χ4n) is 2.55. The maximum absolute atomic E-state index is 11.5.